The summed E-state index contributed by atoms with van der Waals surface area (Å²) in [6, 6.07) is 24.6. The van der Waals surface area contributed by atoms with Crippen LogP contribution in [0.5, 0.6) is 0 Å². The molecule has 0 saturated carbocycles. The number of para-hydroxylation sites is 1. The Hall–Kier alpha value is -4.12. The maximum Gasteiger partial charge on any atom is 0.258 e. The predicted molar refractivity (Wildman–Crippen MR) is 136 cm³/mol. The number of aromatic nitrogens is 1. The topological polar surface area (TPSA) is 54.3 Å². The number of benzene rings is 3. The van der Waals surface area contributed by atoms with Crippen LogP contribution >= 0.6 is 0 Å². The van der Waals surface area contributed by atoms with Crippen molar-refractivity contribution in [3.63, 3.8) is 0 Å². The molecular weight excluding hydrogens is 422 g/mol. The van der Waals surface area contributed by atoms with Gasteiger partial charge in [0.25, 0.3) is 5.91 Å². The van der Waals surface area contributed by atoms with E-state index in [1.165, 1.54) is 0 Å². The maximum absolute atomic E-state index is 13.6. The van der Waals surface area contributed by atoms with E-state index in [9.17, 15) is 9.59 Å². The lowest BCUT2D eigenvalue weighted by atomic mass is 10.00. The molecule has 5 rings (SSSR count). The lowest BCUT2D eigenvalue weighted by Crippen LogP contribution is -2.27. The molecule has 4 aromatic rings. The molecule has 1 aliphatic rings. The number of rotatable bonds is 4. The average molecular weight is 450 g/mol. The third-order valence-electron chi connectivity index (χ3n) is 6.76. The molecule has 0 radical (unpaired) electrons. The number of aryl methyl sites for hydroxylation is 1. The molecule has 5 heteroatoms. The van der Waals surface area contributed by atoms with Crippen molar-refractivity contribution < 1.29 is 9.59 Å². The first-order chi connectivity index (χ1) is 16.4. The van der Waals surface area contributed by atoms with E-state index >= 15 is 0 Å². The number of nitrogens with zero attached hydrogens (tertiary/aromatic N) is 2. The highest BCUT2D eigenvalue weighted by Gasteiger charge is 2.28. The van der Waals surface area contributed by atoms with Gasteiger partial charge >= 0.3 is 0 Å². The van der Waals surface area contributed by atoms with E-state index in [1.807, 2.05) is 80.7 Å². The second kappa shape index (κ2) is 8.67. The molecule has 34 heavy (non-hydrogen) atoms. The molecule has 3 aromatic carbocycles. The number of anilines is 2. The van der Waals surface area contributed by atoms with Gasteiger partial charge in [0.2, 0.25) is 0 Å². The van der Waals surface area contributed by atoms with Gasteiger partial charge in [0.1, 0.15) is 6.04 Å². The van der Waals surface area contributed by atoms with Gasteiger partial charge in [-0.05, 0) is 79.1 Å². The Morgan fingerprint density at radius 3 is 2.47 bits per heavy atom. The summed E-state index contributed by atoms with van der Waals surface area (Å²) in [5.41, 5.74) is 7.15. The van der Waals surface area contributed by atoms with E-state index in [-0.39, 0.29) is 11.7 Å². The second-order valence-corrected chi connectivity index (χ2v) is 8.82. The van der Waals surface area contributed by atoms with Crippen LogP contribution in [0, 0.1) is 13.8 Å². The van der Waals surface area contributed by atoms with Gasteiger partial charge in [-0.3, -0.25) is 9.59 Å². The van der Waals surface area contributed by atoms with Crippen molar-refractivity contribution >= 4 is 23.1 Å². The molecule has 1 aromatic heterocycles. The monoisotopic (exact) mass is 449 g/mol. The molecule has 1 atom stereocenters. The highest BCUT2D eigenvalue weighted by molar-refractivity contribution is 6.07. The quantitative estimate of drug-likeness (QED) is 0.402. The molecule has 170 valence electrons. The Kier molecular flexibility index (Phi) is 5.54. The Bertz CT molecular complexity index is 1380. The molecule has 0 fully saturated rings. The van der Waals surface area contributed by atoms with Gasteiger partial charge in [0, 0.05) is 48.0 Å². The largest absolute Gasteiger partial charge is 0.370 e. The zero-order chi connectivity index (χ0) is 23.8. The Morgan fingerprint density at radius 2 is 1.68 bits per heavy atom. The number of hydrogen-bond donors (Lipinski definition) is 1. The summed E-state index contributed by atoms with van der Waals surface area (Å²) < 4.78 is 2.12. The molecule has 1 unspecified atom stereocenters. The summed E-state index contributed by atoms with van der Waals surface area (Å²) in [5.74, 6) is -0.0770. The van der Waals surface area contributed by atoms with Crippen LogP contribution in [-0.2, 0) is 6.54 Å². The molecule has 1 amide bonds. The number of ketones is 1. The minimum atomic E-state index is -0.487. The minimum Gasteiger partial charge on any atom is -0.370 e. The fourth-order valence-electron chi connectivity index (χ4n) is 4.54. The third-order valence-corrected chi connectivity index (χ3v) is 6.76. The number of nitrogens with one attached hydrogen (secondary N) is 1. The van der Waals surface area contributed by atoms with Crippen LogP contribution < -0.4 is 10.2 Å². The number of Topliss-reactive ketones (excluding diaryl/α,β-unsaturated/α-hetero) is 1. The highest BCUT2D eigenvalue weighted by Crippen LogP contribution is 2.31. The van der Waals surface area contributed by atoms with Crippen LogP contribution in [0.15, 0.2) is 85.1 Å². The van der Waals surface area contributed by atoms with E-state index in [0.717, 1.165) is 40.3 Å². The van der Waals surface area contributed by atoms with Crippen molar-refractivity contribution in [2.24, 2.45) is 0 Å². The van der Waals surface area contributed by atoms with Crippen LogP contribution in [-0.4, -0.2) is 23.3 Å². The summed E-state index contributed by atoms with van der Waals surface area (Å²) in [5, 5.41) is 3.45. The lowest BCUT2D eigenvalue weighted by Gasteiger charge is -2.21. The summed E-state index contributed by atoms with van der Waals surface area (Å²) >= 11 is 0. The molecule has 0 spiro atoms. The van der Waals surface area contributed by atoms with Crippen LogP contribution in [0.1, 0.15) is 49.1 Å². The number of hydrogen-bond acceptors (Lipinski definition) is 3. The first kappa shape index (κ1) is 21.7. The standard InChI is InChI=1S/C29H27N3O2/c1-19-8-6-10-24(20(19)2)29(34)31(3)23-15-13-21(14-16-23)28(33)27-26-12-7-17-32(26)18-22-9-4-5-11-25(22)30-27/h4-17,27,30H,18H2,1-3H3. The maximum atomic E-state index is 13.6. The van der Waals surface area contributed by atoms with Crippen LogP contribution in [0.2, 0.25) is 0 Å². The molecular formula is C29H27N3O2. The number of fused-ring (bicyclic) bond motifs is 2. The SMILES string of the molecule is Cc1cccc(C(=O)N(C)c2ccc(C(=O)C3Nc4ccccc4Cn4cccc43)cc2)c1C. The van der Waals surface area contributed by atoms with Gasteiger partial charge in [-0.1, -0.05) is 30.3 Å². The Labute approximate surface area is 199 Å². The van der Waals surface area contributed by atoms with E-state index < -0.39 is 6.04 Å². The molecule has 1 aliphatic heterocycles. The second-order valence-electron chi connectivity index (χ2n) is 8.82. The summed E-state index contributed by atoms with van der Waals surface area (Å²) in [7, 11) is 1.76. The first-order valence-electron chi connectivity index (χ1n) is 11.4. The predicted octanol–water partition coefficient (Wildman–Crippen LogP) is 5.78. The molecule has 0 saturated heterocycles. The van der Waals surface area contributed by atoms with Gasteiger partial charge in [-0.2, -0.15) is 0 Å². The molecule has 2 heterocycles. The fourth-order valence-corrected chi connectivity index (χ4v) is 4.54. The molecule has 0 aliphatic carbocycles. The van der Waals surface area contributed by atoms with E-state index in [2.05, 4.69) is 16.0 Å². The smallest absolute Gasteiger partial charge is 0.258 e. The summed E-state index contributed by atoms with van der Waals surface area (Å²) in [6.45, 7) is 4.69. The number of amides is 1. The first-order valence-corrected chi connectivity index (χ1v) is 11.4. The van der Waals surface area contributed by atoms with Crippen molar-refractivity contribution in [1.29, 1.82) is 0 Å². The van der Waals surface area contributed by atoms with Gasteiger partial charge in [0.05, 0.1) is 0 Å². The summed E-state index contributed by atoms with van der Waals surface area (Å²) in [6.07, 6.45) is 2.01. The third kappa shape index (κ3) is 3.79. The summed E-state index contributed by atoms with van der Waals surface area (Å²) in [4.78, 5) is 28.3. The zero-order valence-electron chi connectivity index (χ0n) is 19.6. The van der Waals surface area contributed by atoms with Gasteiger partial charge in [-0.15, -0.1) is 0 Å². The minimum absolute atomic E-state index is 0.00767. The molecule has 0 bridgehead atoms. The van der Waals surface area contributed by atoms with Gasteiger partial charge in [-0.25, -0.2) is 0 Å². The van der Waals surface area contributed by atoms with Crippen LogP contribution in [0.25, 0.3) is 0 Å². The number of carbonyl (C=O) groups is 2. The Morgan fingerprint density at radius 1 is 0.912 bits per heavy atom. The van der Waals surface area contributed by atoms with Crippen molar-refractivity contribution in [2.75, 3.05) is 17.3 Å². The van der Waals surface area contributed by atoms with Crippen molar-refractivity contribution in [1.82, 2.24) is 4.57 Å². The fraction of sp³-hybridized carbons (Fsp3) is 0.172. The number of carbonyl (C=O) groups excluding carboxylic acids is 2. The lowest BCUT2D eigenvalue weighted by molar-refractivity contribution is 0.0966. The van der Waals surface area contributed by atoms with E-state index in [0.29, 0.717) is 11.1 Å². The van der Waals surface area contributed by atoms with Crippen LogP contribution in [0.4, 0.5) is 11.4 Å². The highest BCUT2D eigenvalue weighted by atomic mass is 16.2. The van der Waals surface area contributed by atoms with Crippen molar-refractivity contribution in [2.45, 2.75) is 26.4 Å². The molecule has 1 N–H and O–H groups in total. The molecule has 5 nitrogen and oxygen atoms in total. The normalized spacial score (nSPS) is 14.4. The van der Waals surface area contributed by atoms with E-state index in [1.54, 1.807) is 24.1 Å². The van der Waals surface area contributed by atoms with E-state index in [4.69, 9.17) is 0 Å². The van der Waals surface area contributed by atoms with Crippen molar-refractivity contribution in [3.05, 3.63) is 119 Å². The Balaban J connectivity index is 1.41. The zero-order valence-corrected chi connectivity index (χ0v) is 19.6. The van der Waals surface area contributed by atoms with Gasteiger partial charge in [0.15, 0.2) is 5.78 Å². The van der Waals surface area contributed by atoms with Crippen molar-refractivity contribution in [3.8, 4) is 0 Å². The van der Waals surface area contributed by atoms with Gasteiger partial charge < -0.3 is 14.8 Å². The van der Waals surface area contributed by atoms with Crippen LogP contribution in [0.3, 0.4) is 0 Å². The average Bonchev–Trinajstić information content (AvgIpc) is 3.25.